The maximum absolute atomic E-state index is 11.8. The normalized spacial score (nSPS) is 11.9. The molecule has 1 atom stereocenters. The molecule has 2 N–H and O–H groups in total. The van der Waals surface area contributed by atoms with Gasteiger partial charge in [0, 0.05) is 23.9 Å². The van der Waals surface area contributed by atoms with Crippen LogP contribution >= 0.6 is 11.6 Å². The van der Waals surface area contributed by atoms with Crippen molar-refractivity contribution in [2.75, 3.05) is 6.54 Å². The minimum absolute atomic E-state index is 0.0686. The molecule has 0 saturated heterocycles. The van der Waals surface area contributed by atoms with E-state index >= 15 is 0 Å². The van der Waals surface area contributed by atoms with E-state index in [0.717, 1.165) is 5.56 Å². The van der Waals surface area contributed by atoms with E-state index in [0.29, 0.717) is 24.4 Å². The standard InChI is InChI=1S/C14H18ClNO3/c1-10(9-11-5-2-3-6-12(11)15)14(19)16-8-4-7-13(17)18/h2-3,5-6,10H,4,7-9H2,1H3,(H,16,19)(H,17,18). The van der Waals surface area contributed by atoms with E-state index < -0.39 is 5.97 Å². The highest BCUT2D eigenvalue weighted by Gasteiger charge is 2.14. The van der Waals surface area contributed by atoms with Crippen LogP contribution in [0.5, 0.6) is 0 Å². The van der Waals surface area contributed by atoms with Crippen LogP contribution < -0.4 is 5.32 Å². The summed E-state index contributed by atoms with van der Waals surface area (Å²) in [4.78, 5) is 22.1. The minimum atomic E-state index is -0.849. The molecule has 0 radical (unpaired) electrons. The average molecular weight is 284 g/mol. The Hall–Kier alpha value is -1.55. The lowest BCUT2D eigenvalue weighted by Gasteiger charge is -2.12. The third-order valence-corrected chi connectivity index (χ3v) is 3.17. The van der Waals surface area contributed by atoms with Gasteiger partial charge in [-0.05, 0) is 24.5 Å². The third kappa shape index (κ3) is 5.75. The number of carbonyl (C=O) groups is 2. The highest BCUT2D eigenvalue weighted by Crippen LogP contribution is 2.18. The Morgan fingerprint density at radius 2 is 2.05 bits per heavy atom. The molecular formula is C14H18ClNO3. The molecule has 0 saturated carbocycles. The first-order valence-electron chi connectivity index (χ1n) is 6.23. The summed E-state index contributed by atoms with van der Waals surface area (Å²) in [6, 6.07) is 7.44. The first-order valence-corrected chi connectivity index (χ1v) is 6.61. The van der Waals surface area contributed by atoms with Gasteiger partial charge >= 0.3 is 5.97 Å². The summed E-state index contributed by atoms with van der Waals surface area (Å²) in [6.45, 7) is 2.22. The summed E-state index contributed by atoms with van der Waals surface area (Å²) in [6.07, 6.45) is 1.09. The molecule has 1 amide bonds. The Bertz CT molecular complexity index is 448. The largest absolute Gasteiger partial charge is 0.481 e. The number of nitrogens with one attached hydrogen (secondary N) is 1. The lowest BCUT2D eigenvalue weighted by molar-refractivity contribution is -0.137. The zero-order chi connectivity index (χ0) is 14.3. The molecule has 0 spiro atoms. The van der Waals surface area contributed by atoms with E-state index in [2.05, 4.69) is 5.32 Å². The van der Waals surface area contributed by atoms with Crippen LogP contribution in [0.1, 0.15) is 25.3 Å². The number of carboxylic acid groups (broad SMARTS) is 1. The monoisotopic (exact) mass is 283 g/mol. The van der Waals surface area contributed by atoms with Crippen molar-refractivity contribution in [2.45, 2.75) is 26.2 Å². The highest BCUT2D eigenvalue weighted by atomic mass is 35.5. The summed E-state index contributed by atoms with van der Waals surface area (Å²) in [5.74, 6) is -1.12. The van der Waals surface area contributed by atoms with Gasteiger partial charge < -0.3 is 10.4 Å². The van der Waals surface area contributed by atoms with Gasteiger partial charge in [-0.2, -0.15) is 0 Å². The van der Waals surface area contributed by atoms with Gasteiger partial charge in [0.1, 0.15) is 0 Å². The van der Waals surface area contributed by atoms with Gasteiger partial charge in [-0.15, -0.1) is 0 Å². The molecule has 0 aromatic heterocycles. The second kappa shape index (κ2) is 7.79. The topological polar surface area (TPSA) is 66.4 Å². The number of hydrogen-bond donors (Lipinski definition) is 2. The number of aliphatic carboxylic acids is 1. The van der Waals surface area contributed by atoms with Crippen LogP contribution in [-0.4, -0.2) is 23.5 Å². The molecule has 0 fully saturated rings. The average Bonchev–Trinajstić information content (AvgIpc) is 2.36. The first-order chi connectivity index (χ1) is 9.00. The molecule has 1 rings (SSSR count). The summed E-state index contributed by atoms with van der Waals surface area (Å²) < 4.78 is 0. The quantitative estimate of drug-likeness (QED) is 0.756. The van der Waals surface area contributed by atoms with E-state index in [9.17, 15) is 9.59 Å². The SMILES string of the molecule is CC(Cc1ccccc1Cl)C(=O)NCCCC(=O)O. The van der Waals surface area contributed by atoms with Crippen molar-refractivity contribution in [3.8, 4) is 0 Å². The van der Waals surface area contributed by atoms with Crippen molar-refractivity contribution in [3.63, 3.8) is 0 Å². The molecule has 0 heterocycles. The van der Waals surface area contributed by atoms with Crippen molar-refractivity contribution < 1.29 is 14.7 Å². The van der Waals surface area contributed by atoms with Gasteiger partial charge in [-0.25, -0.2) is 0 Å². The third-order valence-electron chi connectivity index (χ3n) is 2.80. The van der Waals surface area contributed by atoms with Crippen LogP contribution in [0, 0.1) is 5.92 Å². The molecule has 0 aliphatic carbocycles. The summed E-state index contributed by atoms with van der Waals surface area (Å²) in [5, 5.41) is 11.9. The molecule has 1 aromatic carbocycles. The highest BCUT2D eigenvalue weighted by molar-refractivity contribution is 6.31. The van der Waals surface area contributed by atoms with E-state index in [1.54, 1.807) is 6.07 Å². The lowest BCUT2D eigenvalue weighted by atomic mass is 10.0. The molecular weight excluding hydrogens is 266 g/mol. The van der Waals surface area contributed by atoms with Gasteiger partial charge in [-0.3, -0.25) is 9.59 Å². The number of hydrogen-bond acceptors (Lipinski definition) is 2. The molecule has 1 aromatic rings. The zero-order valence-corrected chi connectivity index (χ0v) is 11.6. The number of amides is 1. The second-order valence-electron chi connectivity index (χ2n) is 4.48. The van der Waals surface area contributed by atoms with Crippen LogP contribution in [0.3, 0.4) is 0 Å². The fraction of sp³-hybridized carbons (Fsp3) is 0.429. The zero-order valence-electron chi connectivity index (χ0n) is 10.9. The summed E-state index contributed by atoms with van der Waals surface area (Å²) >= 11 is 6.04. The fourth-order valence-electron chi connectivity index (χ4n) is 1.71. The summed E-state index contributed by atoms with van der Waals surface area (Å²) in [7, 11) is 0. The Morgan fingerprint density at radius 1 is 1.37 bits per heavy atom. The van der Waals surface area contributed by atoms with Crippen LogP contribution in [-0.2, 0) is 16.0 Å². The maximum Gasteiger partial charge on any atom is 0.303 e. The predicted octanol–water partition coefficient (Wildman–Crippen LogP) is 2.50. The Balaban J connectivity index is 2.37. The van der Waals surface area contributed by atoms with Gasteiger partial charge in [0.05, 0.1) is 0 Å². The fourth-order valence-corrected chi connectivity index (χ4v) is 1.92. The number of carboxylic acids is 1. The molecule has 4 nitrogen and oxygen atoms in total. The Kier molecular flexibility index (Phi) is 6.36. The minimum Gasteiger partial charge on any atom is -0.481 e. The first kappa shape index (κ1) is 15.5. The van der Waals surface area contributed by atoms with Gasteiger partial charge in [0.25, 0.3) is 0 Å². The Labute approximate surface area is 117 Å². The van der Waals surface area contributed by atoms with Crippen LogP contribution in [0.15, 0.2) is 24.3 Å². The van der Waals surface area contributed by atoms with E-state index in [1.165, 1.54) is 0 Å². The number of halogens is 1. The molecule has 0 aliphatic heterocycles. The van der Waals surface area contributed by atoms with Crippen LogP contribution in [0.25, 0.3) is 0 Å². The molecule has 104 valence electrons. The van der Waals surface area contributed by atoms with Crippen molar-refractivity contribution in [2.24, 2.45) is 5.92 Å². The molecule has 5 heteroatoms. The Morgan fingerprint density at radius 3 is 2.68 bits per heavy atom. The predicted molar refractivity (Wildman–Crippen MR) is 74.2 cm³/mol. The van der Waals surface area contributed by atoms with E-state index in [4.69, 9.17) is 16.7 Å². The van der Waals surface area contributed by atoms with Crippen molar-refractivity contribution in [3.05, 3.63) is 34.9 Å². The maximum atomic E-state index is 11.8. The van der Waals surface area contributed by atoms with Gasteiger partial charge in [0.15, 0.2) is 0 Å². The number of rotatable bonds is 7. The van der Waals surface area contributed by atoms with Crippen molar-refractivity contribution in [1.82, 2.24) is 5.32 Å². The molecule has 0 bridgehead atoms. The number of carbonyl (C=O) groups excluding carboxylic acids is 1. The summed E-state index contributed by atoms with van der Waals surface area (Å²) in [5.41, 5.74) is 0.942. The van der Waals surface area contributed by atoms with Gasteiger partial charge in [-0.1, -0.05) is 36.7 Å². The molecule has 0 aliphatic rings. The van der Waals surface area contributed by atoms with Crippen molar-refractivity contribution in [1.29, 1.82) is 0 Å². The van der Waals surface area contributed by atoms with E-state index in [1.807, 2.05) is 25.1 Å². The van der Waals surface area contributed by atoms with Crippen LogP contribution in [0.4, 0.5) is 0 Å². The lowest BCUT2D eigenvalue weighted by Crippen LogP contribution is -2.31. The van der Waals surface area contributed by atoms with Crippen molar-refractivity contribution >= 4 is 23.5 Å². The van der Waals surface area contributed by atoms with E-state index in [-0.39, 0.29) is 18.2 Å². The smallest absolute Gasteiger partial charge is 0.303 e. The second-order valence-corrected chi connectivity index (χ2v) is 4.89. The number of benzene rings is 1. The molecule has 1 unspecified atom stereocenters. The van der Waals surface area contributed by atoms with Gasteiger partial charge in [0.2, 0.25) is 5.91 Å². The molecule has 19 heavy (non-hydrogen) atoms. The van der Waals surface area contributed by atoms with Crippen LogP contribution in [0.2, 0.25) is 5.02 Å².